The smallest absolute Gasteiger partial charge is 0.317 e. The second-order valence-electron chi connectivity index (χ2n) is 8.40. The summed E-state index contributed by atoms with van der Waals surface area (Å²) < 4.78 is 12.9. The van der Waals surface area contributed by atoms with Crippen LogP contribution in [0.2, 0.25) is 0 Å². The van der Waals surface area contributed by atoms with E-state index in [0.29, 0.717) is 38.4 Å². The van der Waals surface area contributed by atoms with E-state index >= 15 is 0 Å². The van der Waals surface area contributed by atoms with Crippen molar-refractivity contribution in [3.05, 3.63) is 30.1 Å². The highest BCUT2D eigenvalue weighted by atomic mass is 19.1. The summed E-state index contributed by atoms with van der Waals surface area (Å²) in [5, 5.41) is 5.79. The number of unbranched alkanes of at least 4 members (excludes halogenated alkanes) is 1. The lowest BCUT2D eigenvalue weighted by molar-refractivity contribution is -0.117. The van der Waals surface area contributed by atoms with E-state index in [2.05, 4.69) is 27.5 Å². The number of nitrogens with one attached hydrogen (secondary N) is 2. The number of hydrogen-bond acceptors (Lipinski definition) is 5. The van der Waals surface area contributed by atoms with Crippen LogP contribution in [0.4, 0.5) is 14.9 Å². The maximum absolute atomic E-state index is 12.9. The summed E-state index contributed by atoms with van der Waals surface area (Å²) in [5.41, 5.74) is 0.581. The highest BCUT2D eigenvalue weighted by Gasteiger charge is 2.22. The summed E-state index contributed by atoms with van der Waals surface area (Å²) in [6, 6.07) is 5.70. The Morgan fingerprint density at radius 1 is 0.903 bits per heavy atom. The molecule has 8 nitrogen and oxygen atoms in total. The van der Waals surface area contributed by atoms with Gasteiger partial charge in [-0.25, -0.2) is 9.18 Å². The number of anilines is 1. The van der Waals surface area contributed by atoms with Crippen LogP contribution in [0.3, 0.4) is 0 Å². The van der Waals surface area contributed by atoms with E-state index in [1.165, 1.54) is 12.1 Å². The van der Waals surface area contributed by atoms with E-state index in [-0.39, 0.29) is 24.3 Å². The molecule has 172 valence electrons. The maximum Gasteiger partial charge on any atom is 0.317 e. The molecule has 2 aliphatic rings. The third-order valence-electron chi connectivity index (χ3n) is 5.93. The quantitative estimate of drug-likeness (QED) is 0.600. The van der Waals surface area contributed by atoms with Crippen molar-refractivity contribution >= 4 is 17.6 Å². The zero-order valence-corrected chi connectivity index (χ0v) is 18.5. The van der Waals surface area contributed by atoms with Crippen molar-refractivity contribution in [1.82, 2.24) is 24.9 Å². The Labute approximate surface area is 184 Å². The first-order chi connectivity index (χ1) is 15.0. The third-order valence-corrected chi connectivity index (χ3v) is 5.93. The Morgan fingerprint density at radius 3 is 2.23 bits per heavy atom. The van der Waals surface area contributed by atoms with Crippen LogP contribution in [0.15, 0.2) is 24.3 Å². The van der Waals surface area contributed by atoms with Gasteiger partial charge in [-0.05, 0) is 50.7 Å². The van der Waals surface area contributed by atoms with Gasteiger partial charge >= 0.3 is 6.03 Å². The molecule has 9 heteroatoms. The van der Waals surface area contributed by atoms with Crippen LogP contribution in [-0.4, -0.2) is 111 Å². The minimum Gasteiger partial charge on any atom is -0.338 e. The Hall–Kier alpha value is -2.23. The molecule has 0 bridgehead atoms. The van der Waals surface area contributed by atoms with E-state index in [4.69, 9.17) is 0 Å². The van der Waals surface area contributed by atoms with E-state index < -0.39 is 0 Å². The van der Waals surface area contributed by atoms with E-state index in [9.17, 15) is 14.0 Å². The molecular weight excluding hydrogens is 399 g/mol. The van der Waals surface area contributed by atoms with Crippen molar-refractivity contribution in [3.8, 4) is 0 Å². The first kappa shape index (κ1) is 23.4. The summed E-state index contributed by atoms with van der Waals surface area (Å²) in [4.78, 5) is 33.2. The molecule has 0 atom stereocenters. The molecule has 0 saturated carbocycles. The minimum atomic E-state index is -0.331. The zero-order chi connectivity index (χ0) is 22.1. The summed E-state index contributed by atoms with van der Waals surface area (Å²) in [6.07, 6.45) is 2.09. The van der Waals surface area contributed by atoms with Crippen molar-refractivity contribution < 1.29 is 14.0 Å². The Bertz CT molecular complexity index is 700. The third kappa shape index (κ3) is 8.08. The molecule has 2 heterocycles. The molecule has 2 saturated heterocycles. The molecule has 0 aliphatic carbocycles. The lowest BCUT2D eigenvalue weighted by atomic mass is 10.2. The molecule has 2 fully saturated rings. The van der Waals surface area contributed by atoms with Crippen LogP contribution in [0, 0.1) is 5.82 Å². The number of likely N-dealkylation sites (N-methyl/N-ethyl adjacent to an activating group) is 1. The standard InChI is InChI=1S/C22H35FN6O2/c1-26-10-12-27(13-11-26)9-3-2-8-24-22(31)29-16-14-28(15-17-29)18-21(30)25-20-6-4-19(23)5-7-20/h4-7H,2-3,8-18H2,1H3,(H,24,31)(H,25,30). The summed E-state index contributed by atoms with van der Waals surface area (Å²) in [6.45, 7) is 9.14. The van der Waals surface area contributed by atoms with Gasteiger partial charge in [-0.15, -0.1) is 0 Å². The van der Waals surface area contributed by atoms with E-state index in [0.717, 1.165) is 45.6 Å². The normalized spacial score (nSPS) is 18.7. The largest absolute Gasteiger partial charge is 0.338 e. The molecule has 2 aliphatic heterocycles. The van der Waals surface area contributed by atoms with Gasteiger partial charge < -0.3 is 25.3 Å². The SMILES string of the molecule is CN1CCN(CCCCNC(=O)N2CCN(CC(=O)Nc3ccc(F)cc3)CC2)CC1. The summed E-state index contributed by atoms with van der Waals surface area (Å²) in [5.74, 6) is -0.465. The van der Waals surface area contributed by atoms with Crippen LogP contribution in [0.25, 0.3) is 0 Å². The van der Waals surface area contributed by atoms with Gasteiger partial charge in [0.05, 0.1) is 6.54 Å². The lowest BCUT2D eigenvalue weighted by Gasteiger charge is -2.34. The van der Waals surface area contributed by atoms with Crippen molar-refractivity contribution in [1.29, 1.82) is 0 Å². The summed E-state index contributed by atoms with van der Waals surface area (Å²) in [7, 11) is 2.16. The van der Waals surface area contributed by atoms with E-state index in [1.54, 1.807) is 12.1 Å². The molecule has 0 spiro atoms. The molecule has 0 aromatic heterocycles. The molecule has 3 rings (SSSR count). The predicted molar refractivity (Wildman–Crippen MR) is 120 cm³/mol. The van der Waals surface area contributed by atoms with Gasteiger partial charge in [0.15, 0.2) is 0 Å². The number of urea groups is 1. The number of rotatable bonds is 8. The number of piperazine rings is 2. The molecule has 2 N–H and O–H groups in total. The van der Waals surface area contributed by atoms with E-state index in [1.807, 2.05) is 9.80 Å². The summed E-state index contributed by atoms with van der Waals surface area (Å²) >= 11 is 0. The van der Waals surface area contributed by atoms with Gasteiger partial charge in [-0.3, -0.25) is 9.69 Å². The topological polar surface area (TPSA) is 71.2 Å². The van der Waals surface area contributed by atoms with Crippen LogP contribution in [0.1, 0.15) is 12.8 Å². The zero-order valence-electron chi connectivity index (χ0n) is 18.5. The fraction of sp³-hybridized carbons (Fsp3) is 0.636. The second kappa shape index (κ2) is 12.0. The Morgan fingerprint density at radius 2 is 1.55 bits per heavy atom. The second-order valence-corrected chi connectivity index (χ2v) is 8.40. The molecule has 1 aromatic carbocycles. The van der Waals surface area contributed by atoms with Gasteiger partial charge in [0.1, 0.15) is 5.82 Å². The number of benzene rings is 1. The van der Waals surface area contributed by atoms with Crippen LogP contribution in [-0.2, 0) is 4.79 Å². The Balaban J connectivity index is 1.24. The molecule has 1 aromatic rings. The number of carbonyl (C=O) groups excluding carboxylic acids is 2. The number of nitrogens with zero attached hydrogens (tertiary/aromatic N) is 4. The minimum absolute atomic E-state index is 0.0185. The van der Waals surface area contributed by atoms with Gasteiger partial charge in [0, 0.05) is 64.6 Å². The number of carbonyl (C=O) groups is 2. The fourth-order valence-electron chi connectivity index (χ4n) is 3.88. The van der Waals surface area contributed by atoms with Gasteiger partial charge in [0.2, 0.25) is 5.91 Å². The van der Waals surface area contributed by atoms with Crippen molar-refractivity contribution in [2.45, 2.75) is 12.8 Å². The molecule has 3 amide bonds. The molecule has 0 radical (unpaired) electrons. The van der Waals surface area contributed by atoms with Crippen molar-refractivity contribution in [2.24, 2.45) is 0 Å². The van der Waals surface area contributed by atoms with Gasteiger partial charge in [-0.2, -0.15) is 0 Å². The van der Waals surface area contributed by atoms with Crippen LogP contribution >= 0.6 is 0 Å². The van der Waals surface area contributed by atoms with Crippen molar-refractivity contribution in [2.75, 3.05) is 84.4 Å². The Kier molecular flexibility index (Phi) is 9.05. The molecule has 0 unspecified atom stereocenters. The van der Waals surface area contributed by atoms with Crippen LogP contribution in [0.5, 0.6) is 0 Å². The number of amides is 3. The molecular formula is C22H35FN6O2. The van der Waals surface area contributed by atoms with Gasteiger partial charge in [-0.1, -0.05) is 0 Å². The van der Waals surface area contributed by atoms with Gasteiger partial charge in [0.25, 0.3) is 0 Å². The highest BCUT2D eigenvalue weighted by Crippen LogP contribution is 2.09. The highest BCUT2D eigenvalue weighted by molar-refractivity contribution is 5.92. The monoisotopic (exact) mass is 434 g/mol. The average molecular weight is 435 g/mol. The predicted octanol–water partition coefficient (Wildman–Crippen LogP) is 1.12. The average Bonchev–Trinajstić information content (AvgIpc) is 2.77. The number of halogens is 1. The molecule has 31 heavy (non-hydrogen) atoms. The maximum atomic E-state index is 12.9. The fourth-order valence-corrected chi connectivity index (χ4v) is 3.88. The first-order valence-corrected chi connectivity index (χ1v) is 11.2. The van der Waals surface area contributed by atoms with Crippen LogP contribution < -0.4 is 10.6 Å². The first-order valence-electron chi connectivity index (χ1n) is 11.2. The number of hydrogen-bond donors (Lipinski definition) is 2. The van der Waals surface area contributed by atoms with Crippen molar-refractivity contribution in [3.63, 3.8) is 0 Å². The lowest BCUT2D eigenvalue weighted by Crippen LogP contribution is -2.53.